The van der Waals surface area contributed by atoms with E-state index in [1.165, 1.54) is 5.69 Å². The minimum Gasteiger partial charge on any atom is -0.485 e. The van der Waals surface area contributed by atoms with Crippen LogP contribution in [0.2, 0.25) is 0 Å². The number of piperazine rings is 1. The molecule has 0 spiro atoms. The summed E-state index contributed by atoms with van der Waals surface area (Å²) < 4.78 is 43.2. The van der Waals surface area contributed by atoms with Gasteiger partial charge >= 0.3 is 0 Å². The molecule has 0 radical (unpaired) electrons. The van der Waals surface area contributed by atoms with Crippen LogP contribution in [0.1, 0.15) is 16.7 Å². The van der Waals surface area contributed by atoms with Crippen molar-refractivity contribution >= 4 is 26.5 Å². The van der Waals surface area contributed by atoms with Gasteiger partial charge in [0.15, 0.2) is 11.5 Å². The van der Waals surface area contributed by atoms with Crippen molar-refractivity contribution in [1.82, 2.24) is 14.2 Å². The van der Waals surface area contributed by atoms with Crippen LogP contribution in [-0.2, 0) is 29.7 Å². The van der Waals surface area contributed by atoms with Gasteiger partial charge in [0, 0.05) is 74.7 Å². The Morgan fingerprint density at radius 3 is 2.00 bits per heavy atom. The largest absolute Gasteiger partial charge is 0.485 e. The van der Waals surface area contributed by atoms with Gasteiger partial charge in [-0.2, -0.15) is 4.31 Å². The average Bonchev–Trinajstić information content (AvgIpc) is 3.20. The number of ether oxygens (including phenoxy) is 2. The van der Waals surface area contributed by atoms with E-state index < -0.39 is 10.0 Å². The first-order valence-corrected chi connectivity index (χ1v) is 19.2. The number of fused-ring (bicyclic) bond motifs is 1. The molecule has 0 N–H and O–H groups in total. The van der Waals surface area contributed by atoms with Gasteiger partial charge in [-0.25, -0.2) is 8.42 Å². The predicted molar refractivity (Wildman–Crippen MR) is 207 cm³/mol. The maximum absolute atomic E-state index is 14.5. The summed E-state index contributed by atoms with van der Waals surface area (Å²) in [5.41, 5.74) is 4.28. The topological polar surface area (TPSA) is 75.2 Å². The Bertz CT molecular complexity index is 2160. The van der Waals surface area contributed by atoms with Crippen LogP contribution >= 0.6 is 0 Å². The van der Waals surface area contributed by atoms with Gasteiger partial charge in [0.05, 0.1) is 4.90 Å². The Morgan fingerprint density at radius 1 is 0.692 bits per heavy atom. The molecule has 1 aliphatic heterocycles. The lowest BCUT2D eigenvalue weighted by atomic mass is 10.0. The second-order valence-electron chi connectivity index (χ2n) is 13.2. The van der Waals surface area contributed by atoms with E-state index in [-0.39, 0.29) is 10.9 Å². The number of para-hydroxylation sites is 1. The molecule has 1 fully saturated rings. The third-order valence-corrected chi connectivity index (χ3v) is 11.7. The van der Waals surface area contributed by atoms with Crippen molar-refractivity contribution in [2.24, 2.45) is 0 Å². The third kappa shape index (κ3) is 8.45. The molecule has 8 nitrogen and oxygen atoms in total. The number of hydrogen-bond donors (Lipinski definition) is 0. The van der Waals surface area contributed by atoms with Gasteiger partial charge in [0.25, 0.3) is 0 Å². The second kappa shape index (κ2) is 16.4. The van der Waals surface area contributed by atoms with Crippen molar-refractivity contribution < 1.29 is 17.9 Å². The summed E-state index contributed by atoms with van der Waals surface area (Å²) in [6, 6.07) is 43.3. The highest BCUT2D eigenvalue weighted by Gasteiger charge is 2.32. The summed E-state index contributed by atoms with van der Waals surface area (Å²) in [6.07, 6.45) is 3.83. The molecule has 0 bridgehead atoms. The Balaban J connectivity index is 1.17. The van der Waals surface area contributed by atoms with Crippen LogP contribution < -0.4 is 14.4 Å². The molecule has 9 heteroatoms. The van der Waals surface area contributed by atoms with Crippen molar-refractivity contribution in [2.75, 3.05) is 44.7 Å². The van der Waals surface area contributed by atoms with E-state index >= 15 is 0 Å². The van der Waals surface area contributed by atoms with E-state index in [4.69, 9.17) is 9.47 Å². The Labute approximate surface area is 306 Å². The van der Waals surface area contributed by atoms with Crippen LogP contribution in [0.15, 0.2) is 151 Å². The Morgan fingerprint density at radius 2 is 1.33 bits per heavy atom. The number of anilines is 1. The number of rotatable bonds is 14. The fraction of sp³-hybridized carbons (Fsp3) is 0.233. The molecular formula is C43H44N4O4S. The Hall–Kier alpha value is -5.22. The molecular weight excluding hydrogens is 669 g/mol. The summed E-state index contributed by atoms with van der Waals surface area (Å²) in [5, 5.41) is 1.45. The average molecular weight is 713 g/mol. The number of likely N-dealkylation sites (N-methyl/N-ethyl adjacent to an activating group) is 1. The van der Waals surface area contributed by atoms with E-state index in [1.807, 2.05) is 91.0 Å². The SMILES string of the molecule is CN(C(Cc1ccc(OCc2ccccc2)c(OCc2ccccc2)c1)CN1CCN(c2ccccc2)CC1)S(=O)(=O)c1cccc2cnccc12. The van der Waals surface area contributed by atoms with E-state index in [1.54, 1.807) is 41.9 Å². The molecule has 2 heterocycles. The fourth-order valence-corrected chi connectivity index (χ4v) is 8.32. The Kier molecular flexibility index (Phi) is 11.1. The lowest BCUT2D eigenvalue weighted by molar-refractivity contribution is 0.200. The minimum atomic E-state index is -3.88. The van der Waals surface area contributed by atoms with Crippen LogP contribution in [0, 0.1) is 0 Å². The van der Waals surface area contributed by atoms with Gasteiger partial charge in [-0.3, -0.25) is 9.88 Å². The van der Waals surface area contributed by atoms with Gasteiger partial charge in [0.2, 0.25) is 10.0 Å². The maximum atomic E-state index is 14.5. The highest BCUT2D eigenvalue weighted by Crippen LogP contribution is 2.32. The molecule has 266 valence electrons. The molecule has 1 unspecified atom stereocenters. The number of sulfonamides is 1. The summed E-state index contributed by atoms with van der Waals surface area (Å²) in [5.74, 6) is 1.27. The molecule has 7 rings (SSSR count). The second-order valence-corrected chi connectivity index (χ2v) is 15.2. The molecule has 0 aliphatic carbocycles. The molecule has 6 aromatic rings. The number of aromatic nitrogens is 1. The minimum absolute atomic E-state index is 0.283. The molecule has 1 aromatic heterocycles. The van der Waals surface area contributed by atoms with Crippen LogP contribution in [0.3, 0.4) is 0 Å². The summed E-state index contributed by atoms with van der Waals surface area (Å²) >= 11 is 0. The standard InChI is InChI=1S/C43H44N4O4S/c1-45(52(48,49)43-19-11-16-37-30-44-23-22-40(37)43)39(31-46-24-26-47(27-25-46)38-17-9-4-10-18-38)28-36-20-21-41(50-32-34-12-5-2-6-13-34)42(29-36)51-33-35-14-7-3-8-15-35/h2-23,29-30,39H,24-28,31-33H2,1H3. The normalized spacial score (nSPS) is 14.4. The van der Waals surface area contributed by atoms with E-state index in [9.17, 15) is 8.42 Å². The van der Waals surface area contributed by atoms with Gasteiger partial charge in [-0.1, -0.05) is 97.1 Å². The zero-order valence-electron chi connectivity index (χ0n) is 29.4. The quantitative estimate of drug-likeness (QED) is 0.116. The molecule has 5 aromatic carbocycles. The molecule has 52 heavy (non-hydrogen) atoms. The lowest BCUT2D eigenvalue weighted by Gasteiger charge is -2.39. The van der Waals surface area contributed by atoms with Gasteiger partial charge in [-0.15, -0.1) is 0 Å². The van der Waals surface area contributed by atoms with E-state index in [0.29, 0.717) is 43.1 Å². The van der Waals surface area contributed by atoms with Crippen LogP contribution in [0.25, 0.3) is 10.8 Å². The lowest BCUT2D eigenvalue weighted by Crippen LogP contribution is -2.52. The first-order valence-electron chi connectivity index (χ1n) is 17.7. The predicted octanol–water partition coefficient (Wildman–Crippen LogP) is 7.45. The summed E-state index contributed by atoms with van der Waals surface area (Å²) in [6.45, 7) is 4.76. The van der Waals surface area contributed by atoms with Crippen molar-refractivity contribution in [3.05, 3.63) is 163 Å². The van der Waals surface area contributed by atoms with E-state index in [2.05, 4.69) is 39.0 Å². The van der Waals surface area contributed by atoms with Gasteiger partial charge in [-0.05, 0) is 59.5 Å². The molecule has 1 aliphatic rings. The number of nitrogens with zero attached hydrogens (tertiary/aromatic N) is 4. The van der Waals surface area contributed by atoms with Crippen LogP contribution in [0.4, 0.5) is 5.69 Å². The van der Waals surface area contributed by atoms with Gasteiger partial charge < -0.3 is 14.4 Å². The summed E-state index contributed by atoms with van der Waals surface area (Å²) in [7, 11) is -2.17. The zero-order valence-corrected chi connectivity index (χ0v) is 30.2. The number of benzene rings is 5. The van der Waals surface area contributed by atoms with Crippen molar-refractivity contribution in [2.45, 2.75) is 30.6 Å². The smallest absolute Gasteiger partial charge is 0.243 e. The monoisotopic (exact) mass is 712 g/mol. The zero-order chi connectivity index (χ0) is 35.8. The first-order chi connectivity index (χ1) is 25.4. The van der Waals surface area contributed by atoms with Crippen molar-refractivity contribution in [3.63, 3.8) is 0 Å². The van der Waals surface area contributed by atoms with Crippen molar-refractivity contribution in [1.29, 1.82) is 0 Å². The highest BCUT2D eigenvalue weighted by molar-refractivity contribution is 7.89. The number of pyridine rings is 1. The maximum Gasteiger partial charge on any atom is 0.243 e. The van der Waals surface area contributed by atoms with Crippen LogP contribution in [-0.4, -0.2) is 68.4 Å². The molecule has 1 saturated heterocycles. The third-order valence-electron chi connectivity index (χ3n) is 9.73. The highest BCUT2D eigenvalue weighted by atomic mass is 32.2. The van der Waals surface area contributed by atoms with Crippen molar-refractivity contribution in [3.8, 4) is 11.5 Å². The summed E-state index contributed by atoms with van der Waals surface area (Å²) in [4.78, 5) is 9.27. The van der Waals surface area contributed by atoms with Crippen LogP contribution in [0.5, 0.6) is 11.5 Å². The molecule has 0 saturated carbocycles. The van der Waals surface area contributed by atoms with Gasteiger partial charge in [0.1, 0.15) is 13.2 Å². The first kappa shape index (κ1) is 35.2. The fourth-order valence-electron chi connectivity index (χ4n) is 6.76. The number of hydrogen-bond acceptors (Lipinski definition) is 7. The molecule has 0 amide bonds. The molecule has 1 atom stereocenters. The van der Waals surface area contributed by atoms with E-state index in [0.717, 1.165) is 48.3 Å².